The number of carbonyl (C=O) groups excluding carboxylic acids is 3. The van der Waals surface area contributed by atoms with Gasteiger partial charge in [-0.25, -0.2) is 0 Å². The summed E-state index contributed by atoms with van der Waals surface area (Å²) < 4.78 is 6.14. The SMILES string of the molecule is Cc1ccc(NC(=O)COc2ccccc2[C@H]2c3sc(=O)[nH]c3SC3C2[C@H]2C[C@@H]3C3C(=O)N(c4ccc([N+](=O)[O-])cc4)C(=O)C32)cc1. The summed E-state index contributed by atoms with van der Waals surface area (Å²) in [6, 6.07) is 20.5. The molecule has 3 aromatic carbocycles. The molecule has 11 nitrogen and oxygen atoms in total. The first-order chi connectivity index (χ1) is 22.7. The molecule has 0 spiro atoms. The molecule has 238 valence electrons. The Balaban J connectivity index is 1.11. The lowest BCUT2D eigenvalue weighted by atomic mass is 9.68. The number of nitro benzene ring substituents is 1. The lowest BCUT2D eigenvalue weighted by Gasteiger charge is -2.43. The predicted octanol–water partition coefficient (Wildman–Crippen LogP) is 5.35. The van der Waals surface area contributed by atoms with E-state index in [1.807, 2.05) is 55.5 Å². The molecule has 4 aromatic rings. The van der Waals surface area contributed by atoms with E-state index in [9.17, 15) is 29.3 Å². The number of non-ortho nitro benzene ring substituents is 1. The number of hydrogen-bond acceptors (Lipinski definition) is 9. The molecule has 47 heavy (non-hydrogen) atoms. The first-order valence-corrected chi connectivity index (χ1v) is 17.0. The zero-order chi connectivity index (χ0) is 32.6. The Bertz CT molecular complexity index is 2010. The summed E-state index contributed by atoms with van der Waals surface area (Å²) in [5.41, 5.74) is 2.79. The highest BCUT2D eigenvalue weighted by molar-refractivity contribution is 8.00. The van der Waals surface area contributed by atoms with Crippen molar-refractivity contribution >= 4 is 57.9 Å². The number of hydrogen-bond donors (Lipinski definition) is 2. The third-order valence-corrected chi connectivity index (χ3v) is 12.6. The smallest absolute Gasteiger partial charge is 0.305 e. The van der Waals surface area contributed by atoms with Crippen LogP contribution in [0.1, 0.15) is 28.3 Å². The van der Waals surface area contributed by atoms with Crippen LogP contribution in [0.4, 0.5) is 17.1 Å². The molecule has 3 heterocycles. The van der Waals surface area contributed by atoms with E-state index >= 15 is 0 Å². The Hall–Kier alpha value is -4.75. The standard InChI is InChI=1S/C34H28N4O7S2/c1-16-6-8-17(9-7-16)35-24(39)15-45-23-5-3-2-4-20(23)25-26-21-14-22(29(26)46-31-30(25)47-34(42)36-31)28-27(21)32(40)37(33(28)41)18-10-12-19(13-11-18)38(43)44/h2-13,21-22,25-29H,14-15H2,1H3,(H,35,39)(H,36,42)/t21-,22-,25-,26?,27?,28?,29?/m1/s1. The quantitative estimate of drug-likeness (QED) is 0.152. The number of aromatic nitrogens is 1. The van der Waals surface area contributed by atoms with E-state index in [4.69, 9.17) is 4.74 Å². The van der Waals surface area contributed by atoms with Crippen LogP contribution < -0.4 is 19.8 Å². The number of benzene rings is 3. The lowest BCUT2D eigenvalue weighted by molar-refractivity contribution is -0.384. The molecule has 8 rings (SSSR count). The maximum Gasteiger partial charge on any atom is 0.305 e. The maximum absolute atomic E-state index is 14.0. The molecule has 4 unspecified atom stereocenters. The number of H-pyrrole nitrogens is 1. The number of thioether (sulfide) groups is 1. The van der Waals surface area contributed by atoms with Crippen LogP contribution in [0.15, 0.2) is 82.6 Å². The number of anilines is 2. The zero-order valence-corrected chi connectivity index (χ0v) is 26.6. The lowest BCUT2D eigenvalue weighted by Crippen LogP contribution is -2.42. The van der Waals surface area contributed by atoms with Gasteiger partial charge in [-0.3, -0.25) is 34.2 Å². The van der Waals surface area contributed by atoms with Crippen molar-refractivity contribution in [3.63, 3.8) is 0 Å². The average molecular weight is 669 g/mol. The van der Waals surface area contributed by atoms with Crippen LogP contribution in [0.25, 0.3) is 0 Å². The summed E-state index contributed by atoms with van der Waals surface area (Å²) in [7, 11) is 0. The van der Waals surface area contributed by atoms with Gasteiger partial charge in [0.15, 0.2) is 6.61 Å². The van der Waals surface area contributed by atoms with Crippen molar-refractivity contribution in [2.45, 2.75) is 29.5 Å². The monoisotopic (exact) mass is 668 g/mol. The number of aromatic amines is 1. The zero-order valence-electron chi connectivity index (χ0n) is 25.0. The molecule has 4 aliphatic rings. The summed E-state index contributed by atoms with van der Waals surface area (Å²) in [5, 5.41) is 14.8. The van der Waals surface area contributed by atoms with Gasteiger partial charge in [0.05, 0.1) is 27.5 Å². The van der Waals surface area contributed by atoms with Crippen LogP contribution >= 0.6 is 23.1 Å². The van der Waals surface area contributed by atoms with Gasteiger partial charge >= 0.3 is 4.87 Å². The van der Waals surface area contributed by atoms with E-state index in [0.717, 1.165) is 32.4 Å². The summed E-state index contributed by atoms with van der Waals surface area (Å²) >= 11 is 2.73. The summed E-state index contributed by atoms with van der Waals surface area (Å²) in [6.07, 6.45) is 0.709. The van der Waals surface area contributed by atoms with Gasteiger partial charge in [-0.2, -0.15) is 0 Å². The molecule has 3 fully saturated rings. The van der Waals surface area contributed by atoms with E-state index in [-0.39, 0.29) is 63.8 Å². The normalized spacial score (nSPS) is 26.9. The van der Waals surface area contributed by atoms with Gasteiger partial charge in [-0.15, -0.1) is 11.8 Å². The third kappa shape index (κ3) is 4.78. The minimum atomic E-state index is -0.530. The highest BCUT2D eigenvalue weighted by Gasteiger charge is 2.69. The van der Waals surface area contributed by atoms with Crippen LogP contribution in [-0.2, 0) is 14.4 Å². The van der Waals surface area contributed by atoms with E-state index in [1.54, 1.807) is 11.8 Å². The minimum Gasteiger partial charge on any atom is -0.483 e. The van der Waals surface area contributed by atoms with Crippen molar-refractivity contribution in [2.75, 3.05) is 16.8 Å². The number of rotatable bonds is 7. The van der Waals surface area contributed by atoms with E-state index in [2.05, 4.69) is 10.3 Å². The van der Waals surface area contributed by atoms with Gasteiger partial charge in [0.1, 0.15) is 5.75 Å². The fourth-order valence-electron chi connectivity index (χ4n) is 8.19. The van der Waals surface area contributed by atoms with Gasteiger partial charge in [0.25, 0.3) is 11.6 Å². The third-order valence-electron chi connectivity index (χ3n) is 9.99. The van der Waals surface area contributed by atoms with Crippen molar-refractivity contribution in [3.8, 4) is 5.75 Å². The van der Waals surface area contributed by atoms with Crippen molar-refractivity contribution in [2.24, 2.45) is 29.6 Å². The van der Waals surface area contributed by atoms with E-state index in [0.29, 0.717) is 23.5 Å². The number of fused-ring (bicyclic) bond motifs is 9. The minimum absolute atomic E-state index is 0.0320. The molecule has 2 N–H and O–H groups in total. The molecule has 0 radical (unpaired) electrons. The Kier molecular flexibility index (Phi) is 7.06. The first kappa shape index (κ1) is 29.6. The fourth-order valence-corrected chi connectivity index (χ4v) is 11.1. The van der Waals surface area contributed by atoms with Crippen LogP contribution in [0.5, 0.6) is 5.75 Å². The fraction of sp³-hybridized carbons (Fsp3) is 0.294. The number of nitrogens with zero attached hydrogens (tertiary/aromatic N) is 2. The number of para-hydroxylation sites is 1. The Morgan fingerprint density at radius 3 is 2.43 bits per heavy atom. The van der Waals surface area contributed by atoms with Crippen molar-refractivity contribution in [1.29, 1.82) is 0 Å². The van der Waals surface area contributed by atoms with Crippen LogP contribution in [0.2, 0.25) is 0 Å². The number of nitro groups is 1. The molecule has 13 heteroatoms. The molecular weight excluding hydrogens is 641 g/mol. The molecule has 1 aromatic heterocycles. The molecular formula is C34H28N4O7S2. The molecule has 1 saturated heterocycles. The van der Waals surface area contributed by atoms with Gasteiger partial charge in [0, 0.05) is 39.4 Å². The topological polar surface area (TPSA) is 152 Å². The number of ether oxygens (including phenoxy) is 1. The van der Waals surface area contributed by atoms with Gasteiger partial charge < -0.3 is 15.0 Å². The van der Waals surface area contributed by atoms with E-state index < -0.39 is 16.8 Å². The molecule has 2 aliphatic heterocycles. The van der Waals surface area contributed by atoms with Crippen molar-refractivity contribution in [3.05, 3.63) is 109 Å². The number of thiazole rings is 1. The van der Waals surface area contributed by atoms with Gasteiger partial charge in [-0.05, 0) is 61.4 Å². The van der Waals surface area contributed by atoms with E-state index in [1.165, 1.54) is 29.2 Å². The van der Waals surface area contributed by atoms with Crippen molar-refractivity contribution in [1.82, 2.24) is 4.98 Å². The van der Waals surface area contributed by atoms with Crippen LogP contribution in [0, 0.1) is 46.6 Å². The average Bonchev–Trinajstić information content (AvgIpc) is 3.80. The summed E-state index contributed by atoms with van der Waals surface area (Å²) in [4.78, 5) is 69.0. The first-order valence-electron chi connectivity index (χ1n) is 15.3. The number of nitrogens with one attached hydrogen (secondary N) is 2. The number of carbonyl (C=O) groups is 3. The summed E-state index contributed by atoms with van der Waals surface area (Å²) in [5.74, 6) is -1.94. The number of aryl methyl sites for hydroxylation is 1. The molecule has 3 amide bonds. The van der Waals surface area contributed by atoms with Crippen LogP contribution in [0.3, 0.4) is 0 Å². The molecule has 2 aliphatic carbocycles. The Morgan fingerprint density at radius 2 is 1.70 bits per heavy atom. The predicted molar refractivity (Wildman–Crippen MR) is 176 cm³/mol. The van der Waals surface area contributed by atoms with Gasteiger partial charge in [-0.1, -0.05) is 47.2 Å². The number of imide groups is 1. The highest BCUT2D eigenvalue weighted by atomic mass is 32.2. The maximum atomic E-state index is 14.0. The summed E-state index contributed by atoms with van der Waals surface area (Å²) in [6.45, 7) is 1.75. The molecule has 7 atom stereocenters. The highest BCUT2D eigenvalue weighted by Crippen LogP contribution is 2.69. The van der Waals surface area contributed by atoms with Gasteiger partial charge in [0.2, 0.25) is 11.8 Å². The second-order valence-electron chi connectivity index (χ2n) is 12.5. The largest absolute Gasteiger partial charge is 0.483 e. The second-order valence-corrected chi connectivity index (χ2v) is 14.7. The van der Waals surface area contributed by atoms with Crippen LogP contribution in [-0.4, -0.2) is 39.5 Å². The molecule has 2 bridgehead atoms. The Morgan fingerprint density at radius 1 is 1.00 bits per heavy atom. The molecule has 2 saturated carbocycles. The number of amides is 3. The Labute approximate surface area is 276 Å². The second kappa shape index (κ2) is 11.2. The van der Waals surface area contributed by atoms with Crippen molar-refractivity contribution < 1.29 is 24.0 Å².